The lowest BCUT2D eigenvalue weighted by Crippen LogP contribution is -2.38. The van der Waals surface area contributed by atoms with E-state index in [0.29, 0.717) is 24.8 Å². The Balaban J connectivity index is 1.26. The van der Waals surface area contributed by atoms with Crippen LogP contribution in [0, 0.1) is 0 Å². The standard InChI is InChI=1S/C24H20BrN3O2/c25-21-9-7-17(8-10-21)22-26-23(30-27-22)18-11-13-28(14-12-18)24(29)20-6-5-16-3-1-2-4-19(16)15-20/h1-10,15,18H,11-14H2. The molecule has 1 fully saturated rings. The Bertz CT molecular complexity index is 1190. The minimum atomic E-state index is 0.0836. The first-order valence-electron chi connectivity index (χ1n) is 10.0. The lowest BCUT2D eigenvalue weighted by molar-refractivity contribution is 0.0704. The molecule has 0 spiro atoms. The summed E-state index contributed by atoms with van der Waals surface area (Å²) in [5, 5.41) is 6.37. The third-order valence-electron chi connectivity index (χ3n) is 5.67. The molecule has 0 atom stereocenters. The molecular weight excluding hydrogens is 442 g/mol. The van der Waals surface area contributed by atoms with Crippen LogP contribution in [0.1, 0.15) is 35.0 Å². The van der Waals surface area contributed by atoms with Gasteiger partial charge in [-0.1, -0.05) is 51.4 Å². The first-order chi connectivity index (χ1) is 14.7. The van der Waals surface area contributed by atoms with Crippen molar-refractivity contribution < 1.29 is 9.32 Å². The van der Waals surface area contributed by atoms with Crippen molar-refractivity contribution >= 4 is 32.6 Å². The zero-order valence-electron chi connectivity index (χ0n) is 16.3. The summed E-state index contributed by atoms with van der Waals surface area (Å²) in [6.07, 6.45) is 1.64. The van der Waals surface area contributed by atoms with Crippen molar-refractivity contribution in [1.82, 2.24) is 15.0 Å². The smallest absolute Gasteiger partial charge is 0.253 e. The molecule has 0 unspecified atom stereocenters. The molecule has 0 saturated carbocycles. The van der Waals surface area contributed by atoms with Crippen LogP contribution >= 0.6 is 15.9 Å². The van der Waals surface area contributed by atoms with Crippen molar-refractivity contribution in [2.24, 2.45) is 0 Å². The summed E-state index contributed by atoms with van der Waals surface area (Å²) in [5.74, 6) is 1.53. The SMILES string of the molecule is O=C(c1ccc2ccccc2c1)N1CCC(c2nc(-c3ccc(Br)cc3)no2)CC1. The predicted octanol–water partition coefficient (Wildman–Crippen LogP) is 5.67. The van der Waals surface area contributed by atoms with E-state index in [-0.39, 0.29) is 11.8 Å². The van der Waals surface area contributed by atoms with Crippen molar-refractivity contribution in [3.05, 3.63) is 82.7 Å². The van der Waals surface area contributed by atoms with Crippen molar-refractivity contribution in [3.8, 4) is 11.4 Å². The number of benzene rings is 3. The van der Waals surface area contributed by atoms with E-state index in [9.17, 15) is 4.79 Å². The number of likely N-dealkylation sites (tertiary alicyclic amines) is 1. The third-order valence-corrected chi connectivity index (χ3v) is 6.20. The predicted molar refractivity (Wildman–Crippen MR) is 119 cm³/mol. The molecule has 150 valence electrons. The quantitative estimate of drug-likeness (QED) is 0.394. The highest BCUT2D eigenvalue weighted by Crippen LogP contribution is 2.29. The van der Waals surface area contributed by atoms with Gasteiger partial charge in [-0.15, -0.1) is 0 Å². The summed E-state index contributed by atoms with van der Waals surface area (Å²) in [7, 11) is 0. The fraction of sp³-hybridized carbons (Fsp3) is 0.208. The molecule has 1 aliphatic rings. The van der Waals surface area contributed by atoms with Crippen molar-refractivity contribution in [3.63, 3.8) is 0 Å². The van der Waals surface area contributed by atoms with Crippen LogP contribution in [-0.4, -0.2) is 34.0 Å². The lowest BCUT2D eigenvalue weighted by Gasteiger charge is -2.30. The van der Waals surface area contributed by atoms with E-state index in [1.54, 1.807) is 0 Å². The van der Waals surface area contributed by atoms with Gasteiger partial charge in [0.05, 0.1) is 0 Å². The van der Waals surface area contributed by atoms with Gasteiger partial charge in [-0.25, -0.2) is 0 Å². The molecular formula is C24H20BrN3O2. The summed E-state index contributed by atoms with van der Waals surface area (Å²) in [4.78, 5) is 19.5. The molecule has 6 heteroatoms. The number of nitrogens with zero attached hydrogens (tertiary/aromatic N) is 3. The highest BCUT2D eigenvalue weighted by molar-refractivity contribution is 9.10. The van der Waals surface area contributed by atoms with Crippen LogP contribution in [0.25, 0.3) is 22.2 Å². The van der Waals surface area contributed by atoms with Crippen LogP contribution in [0.15, 0.2) is 75.7 Å². The average Bonchev–Trinajstić information content (AvgIpc) is 3.29. The largest absolute Gasteiger partial charge is 0.339 e. The van der Waals surface area contributed by atoms with E-state index in [4.69, 9.17) is 4.52 Å². The van der Waals surface area contributed by atoms with Gasteiger partial charge in [0.15, 0.2) is 0 Å². The Labute approximate surface area is 182 Å². The monoisotopic (exact) mass is 461 g/mol. The van der Waals surface area contributed by atoms with Gasteiger partial charge in [-0.2, -0.15) is 4.98 Å². The number of amides is 1. The van der Waals surface area contributed by atoms with Crippen LogP contribution in [0.2, 0.25) is 0 Å². The Morgan fingerprint density at radius 2 is 1.70 bits per heavy atom. The highest BCUT2D eigenvalue weighted by Gasteiger charge is 2.28. The number of fused-ring (bicyclic) bond motifs is 1. The van der Waals surface area contributed by atoms with E-state index < -0.39 is 0 Å². The fourth-order valence-corrected chi connectivity index (χ4v) is 4.22. The minimum absolute atomic E-state index is 0.0836. The maximum atomic E-state index is 13.0. The van der Waals surface area contributed by atoms with Crippen molar-refractivity contribution in [2.75, 3.05) is 13.1 Å². The van der Waals surface area contributed by atoms with E-state index in [1.807, 2.05) is 65.6 Å². The Hall–Kier alpha value is -2.99. The zero-order valence-corrected chi connectivity index (χ0v) is 17.9. The maximum absolute atomic E-state index is 13.0. The molecule has 4 aromatic rings. The van der Waals surface area contributed by atoms with Crippen LogP contribution in [-0.2, 0) is 0 Å². The topological polar surface area (TPSA) is 59.2 Å². The molecule has 1 saturated heterocycles. The first kappa shape index (κ1) is 19.0. The number of hydrogen-bond donors (Lipinski definition) is 0. The molecule has 5 nitrogen and oxygen atoms in total. The van der Waals surface area contributed by atoms with Crippen LogP contribution in [0.4, 0.5) is 0 Å². The molecule has 1 amide bonds. The van der Waals surface area contributed by atoms with Crippen LogP contribution in [0.3, 0.4) is 0 Å². The zero-order chi connectivity index (χ0) is 20.5. The number of carbonyl (C=O) groups is 1. The number of rotatable bonds is 3. The second kappa shape index (κ2) is 8.03. The summed E-state index contributed by atoms with van der Waals surface area (Å²) in [6.45, 7) is 1.37. The summed E-state index contributed by atoms with van der Waals surface area (Å²) >= 11 is 3.44. The highest BCUT2D eigenvalue weighted by atomic mass is 79.9. The molecule has 5 rings (SSSR count). The molecule has 1 aromatic heterocycles. The molecule has 0 N–H and O–H groups in total. The van der Waals surface area contributed by atoms with Gasteiger partial charge in [0, 0.05) is 34.6 Å². The molecule has 0 radical (unpaired) electrons. The molecule has 1 aliphatic heterocycles. The average molecular weight is 462 g/mol. The van der Waals surface area contributed by atoms with Gasteiger partial charge < -0.3 is 9.42 Å². The first-order valence-corrected chi connectivity index (χ1v) is 10.8. The van der Waals surface area contributed by atoms with Crippen LogP contribution in [0.5, 0.6) is 0 Å². The number of carbonyl (C=O) groups excluding carboxylic acids is 1. The van der Waals surface area contributed by atoms with E-state index in [2.05, 4.69) is 32.1 Å². The van der Waals surface area contributed by atoms with E-state index in [1.165, 1.54) is 0 Å². The van der Waals surface area contributed by atoms with Crippen LogP contribution < -0.4 is 0 Å². The molecule has 0 bridgehead atoms. The molecule has 30 heavy (non-hydrogen) atoms. The Kier molecular flexibility index (Phi) is 5.09. The van der Waals surface area contributed by atoms with Crippen molar-refractivity contribution in [2.45, 2.75) is 18.8 Å². The minimum Gasteiger partial charge on any atom is -0.339 e. The third kappa shape index (κ3) is 3.75. The summed E-state index contributed by atoms with van der Waals surface area (Å²) in [6, 6.07) is 21.8. The van der Waals surface area contributed by atoms with Gasteiger partial charge in [0.2, 0.25) is 11.7 Å². The van der Waals surface area contributed by atoms with Gasteiger partial charge in [-0.05, 0) is 60.0 Å². The molecule has 0 aliphatic carbocycles. The summed E-state index contributed by atoms with van der Waals surface area (Å²) in [5.41, 5.74) is 1.67. The molecule has 3 aromatic carbocycles. The number of halogens is 1. The van der Waals surface area contributed by atoms with Gasteiger partial charge in [0.25, 0.3) is 5.91 Å². The fourth-order valence-electron chi connectivity index (χ4n) is 3.95. The lowest BCUT2D eigenvalue weighted by atomic mass is 9.96. The second-order valence-electron chi connectivity index (χ2n) is 7.59. The second-order valence-corrected chi connectivity index (χ2v) is 8.51. The Morgan fingerprint density at radius 3 is 2.47 bits per heavy atom. The molecule has 2 heterocycles. The van der Waals surface area contributed by atoms with E-state index in [0.717, 1.165) is 39.2 Å². The number of piperidine rings is 1. The van der Waals surface area contributed by atoms with Gasteiger partial charge >= 0.3 is 0 Å². The number of aromatic nitrogens is 2. The van der Waals surface area contributed by atoms with Gasteiger partial charge in [0.1, 0.15) is 0 Å². The number of hydrogen-bond acceptors (Lipinski definition) is 4. The van der Waals surface area contributed by atoms with E-state index >= 15 is 0 Å². The normalized spacial score (nSPS) is 14.9. The van der Waals surface area contributed by atoms with Gasteiger partial charge in [-0.3, -0.25) is 4.79 Å². The van der Waals surface area contributed by atoms with Crippen molar-refractivity contribution in [1.29, 1.82) is 0 Å². The Morgan fingerprint density at radius 1 is 0.967 bits per heavy atom. The maximum Gasteiger partial charge on any atom is 0.253 e. The summed E-state index contributed by atoms with van der Waals surface area (Å²) < 4.78 is 6.55.